The molecule has 3 heterocycles. The molecule has 3 saturated heterocycles. The van der Waals surface area contributed by atoms with Gasteiger partial charge in [-0.15, -0.1) is 0 Å². The lowest BCUT2D eigenvalue weighted by Gasteiger charge is -2.39. The molecule has 4 atom stereocenters. The molecule has 0 saturated carbocycles. The number of hydrogen-bond acceptors (Lipinski definition) is 3. The second-order valence-corrected chi connectivity index (χ2v) is 6.17. The van der Waals surface area contributed by atoms with Gasteiger partial charge in [0, 0.05) is 24.7 Å². The summed E-state index contributed by atoms with van der Waals surface area (Å²) in [5.74, 6) is 0.686. The van der Waals surface area contributed by atoms with E-state index in [-0.39, 0.29) is 0 Å². The van der Waals surface area contributed by atoms with Crippen molar-refractivity contribution in [1.82, 2.24) is 10.2 Å². The predicted molar refractivity (Wildman–Crippen MR) is 69.1 cm³/mol. The molecule has 3 heteroatoms. The molecular formula is C14H26N2O. The first-order chi connectivity index (χ1) is 8.33. The number of piperidine rings is 1. The molecule has 0 spiro atoms. The zero-order valence-electron chi connectivity index (χ0n) is 11.0. The summed E-state index contributed by atoms with van der Waals surface area (Å²) in [7, 11) is 0. The van der Waals surface area contributed by atoms with E-state index in [0.717, 1.165) is 25.3 Å². The number of ether oxygens (including phenoxy) is 1. The summed E-state index contributed by atoms with van der Waals surface area (Å²) in [6.07, 6.45) is 6.78. The van der Waals surface area contributed by atoms with Crippen LogP contribution in [0, 0.1) is 5.92 Å². The zero-order chi connectivity index (χ0) is 11.7. The fourth-order valence-electron chi connectivity index (χ4n) is 3.81. The average molecular weight is 238 g/mol. The molecule has 3 rings (SSSR count). The third kappa shape index (κ3) is 2.67. The van der Waals surface area contributed by atoms with Crippen LogP contribution in [-0.4, -0.2) is 49.3 Å². The van der Waals surface area contributed by atoms with Gasteiger partial charge >= 0.3 is 0 Å². The van der Waals surface area contributed by atoms with Crippen LogP contribution in [0.2, 0.25) is 0 Å². The molecule has 3 aliphatic heterocycles. The molecule has 0 aromatic rings. The topological polar surface area (TPSA) is 24.5 Å². The van der Waals surface area contributed by atoms with Gasteiger partial charge in [0.05, 0.1) is 6.61 Å². The van der Waals surface area contributed by atoms with Gasteiger partial charge in [0.25, 0.3) is 0 Å². The van der Waals surface area contributed by atoms with Gasteiger partial charge in [-0.2, -0.15) is 0 Å². The van der Waals surface area contributed by atoms with Crippen LogP contribution in [0.4, 0.5) is 0 Å². The molecule has 3 fully saturated rings. The fraction of sp³-hybridized carbons (Fsp3) is 1.00. The molecule has 0 bridgehead atoms. The molecule has 3 aliphatic rings. The molecule has 0 radical (unpaired) electrons. The first-order valence-corrected chi connectivity index (χ1v) is 7.41. The molecule has 98 valence electrons. The lowest BCUT2D eigenvalue weighted by atomic mass is 9.92. The van der Waals surface area contributed by atoms with E-state index < -0.39 is 0 Å². The van der Waals surface area contributed by atoms with Crippen LogP contribution < -0.4 is 5.32 Å². The van der Waals surface area contributed by atoms with Gasteiger partial charge in [-0.25, -0.2) is 0 Å². The van der Waals surface area contributed by atoms with Crippen LogP contribution in [0.25, 0.3) is 0 Å². The number of fused-ring (bicyclic) bond motifs is 1. The van der Waals surface area contributed by atoms with E-state index in [2.05, 4.69) is 17.1 Å². The van der Waals surface area contributed by atoms with Crippen molar-refractivity contribution in [2.24, 2.45) is 5.92 Å². The smallest absolute Gasteiger partial charge is 0.0506 e. The van der Waals surface area contributed by atoms with E-state index in [1.807, 2.05) is 0 Å². The Labute approximate surface area is 105 Å². The minimum Gasteiger partial charge on any atom is -0.381 e. The Kier molecular flexibility index (Phi) is 3.69. The quantitative estimate of drug-likeness (QED) is 0.791. The van der Waals surface area contributed by atoms with Crippen molar-refractivity contribution in [2.45, 2.75) is 57.2 Å². The summed E-state index contributed by atoms with van der Waals surface area (Å²) in [4.78, 5) is 2.70. The Morgan fingerprint density at radius 3 is 3.00 bits per heavy atom. The Morgan fingerprint density at radius 1 is 1.18 bits per heavy atom. The highest BCUT2D eigenvalue weighted by Crippen LogP contribution is 2.28. The summed E-state index contributed by atoms with van der Waals surface area (Å²) < 4.78 is 5.52. The minimum atomic E-state index is 0.686. The number of rotatable bonds is 2. The second kappa shape index (κ2) is 5.25. The third-order valence-electron chi connectivity index (χ3n) is 4.91. The van der Waals surface area contributed by atoms with Gasteiger partial charge < -0.3 is 15.0 Å². The maximum absolute atomic E-state index is 5.52. The summed E-state index contributed by atoms with van der Waals surface area (Å²) >= 11 is 0. The van der Waals surface area contributed by atoms with Crippen molar-refractivity contribution in [3.05, 3.63) is 0 Å². The van der Waals surface area contributed by atoms with Crippen LogP contribution in [0.3, 0.4) is 0 Å². The van der Waals surface area contributed by atoms with Gasteiger partial charge in [0.1, 0.15) is 0 Å². The first-order valence-electron chi connectivity index (χ1n) is 7.41. The van der Waals surface area contributed by atoms with Crippen molar-refractivity contribution in [3.8, 4) is 0 Å². The molecule has 17 heavy (non-hydrogen) atoms. The lowest BCUT2D eigenvalue weighted by Crippen LogP contribution is -2.51. The Morgan fingerprint density at radius 2 is 2.12 bits per heavy atom. The monoisotopic (exact) mass is 238 g/mol. The fourth-order valence-corrected chi connectivity index (χ4v) is 3.81. The maximum Gasteiger partial charge on any atom is 0.0506 e. The molecule has 0 amide bonds. The van der Waals surface area contributed by atoms with Crippen LogP contribution in [0.5, 0.6) is 0 Å². The zero-order valence-corrected chi connectivity index (χ0v) is 11.0. The standard InChI is InChI=1S/C14H26N2O/c1-11-10-17-8-5-14(11)15-12-4-7-16-6-2-3-13(16)9-12/h11-15H,2-10H2,1H3. The number of nitrogens with one attached hydrogen (secondary N) is 1. The SMILES string of the molecule is CC1COCCC1NC1CCN2CCCC2C1. The highest BCUT2D eigenvalue weighted by Gasteiger charge is 2.33. The van der Waals surface area contributed by atoms with Crippen molar-refractivity contribution in [2.75, 3.05) is 26.3 Å². The number of nitrogens with zero attached hydrogens (tertiary/aromatic N) is 1. The van der Waals surface area contributed by atoms with Gasteiger partial charge in [0.15, 0.2) is 0 Å². The second-order valence-electron chi connectivity index (χ2n) is 6.17. The molecule has 4 unspecified atom stereocenters. The van der Waals surface area contributed by atoms with Crippen molar-refractivity contribution in [1.29, 1.82) is 0 Å². The van der Waals surface area contributed by atoms with Gasteiger partial charge in [0.2, 0.25) is 0 Å². The van der Waals surface area contributed by atoms with E-state index in [1.165, 1.54) is 45.2 Å². The first kappa shape index (κ1) is 11.9. The lowest BCUT2D eigenvalue weighted by molar-refractivity contribution is 0.0310. The Bertz CT molecular complexity index is 259. The summed E-state index contributed by atoms with van der Waals surface area (Å²) in [6, 6.07) is 2.35. The summed E-state index contributed by atoms with van der Waals surface area (Å²) in [5.41, 5.74) is 0. The average Bonchev–Trinajstić information content (AvgIpc) is 2.79. The van der Waals surface area contributed by atoms with E-state index in [0.29, 0.717) is 12.0 Å². The molecule has 0 aromatic heterocycles. The van der Waals surface area contributed by atoms with E-state index in [4.69, 9.17) is 4.74 Å². The molecule has 3 nitrogen and oxygen atoms in total. The van der Waals surface area contributed by atoms with Crippen molar-refractivity contribution < 1.29 is 4.74 Å². The minimum absolute atomic E-state index is 0.686. The van der Waals surface area contributed by atoms with Crippen molar-refractivity contribution in [3.63, 3.8) is 0 Å². The van der Waals surface area contributed by atoms with E-state index in [1.54, 1.807) is 0 Å². The molecule has 0 aliphatic carbocycles. The van der Waals surface area contributed by atoms with Gasteiger partial charge in [-0.05, 0) is 51.1 Å². The van der Waals surface area contributed by atoms with E-state index in [9.17, 15) is 0 Å². The van der Waals surface area contributed by atoms with Crippen LogP contribution in [-0.2, 0) is 4.74 Å². The van der Waals surface area contributed by atoms with Crippen molar-refractivity contribution >= 4 is 0 Å². The molecule has 1 N–H and O–H groups in total. The van der Waals surface area contributed by atoms with Crippen LogP contribution >= 0.6 is 0 Å². The molecular weight excluding hydrogens is 212 g/mol. The summed E-state index contributed by atoms with van der Waals surface area (Å²) in [6.45, 7) is 6.89. The Hall–Kier alpha value is -0.120. The van der Waals surface area contributed by atoms with E-state index >= 15 is 0 Å². The maximum atomic E-state index is 5.52. The molecule has 0 aromatic carbocycles. The third-order valence-corrected chi connectivity index (χ3v) is 4.91. The predicted octanol–water partition coefficient (Wildman–Crippen LogP) is 1.63. The Balaban J connectivity index is 1.51. The van der Waals surface area contributed by atoms with Gasteiger partial charge in [-0.1, -0.05) is 6.92 Å². The highest BCUT2D eigenvalue weighted by atomic mass is 16.5. The summed E-state index contributed by atoms with van der Waals surface area (Å²) in [5, 5.41) is 3.91. The van der Waals surface area contributed by atoms with Crippen LogP contribution in [0.1, 0.15) is 39.0 Å². The van der Waals surface area contributed by atoms with Gasteiger partial charge in [-0.3, -0.25) is 0 Å². The highest BCUT2D eigenvalue weighted by molar-refractivity contribution is 4.91. The largest absolute Gasteiger partial charge is 0.381 e. The number of hydrogen-bond donors (Lipinski definition) is 1. The van der Waals surface area contributed by atoms with Crippen LogP contribution in [0.15, 0.2) is 0 Å². The normalized spacial score (nSPS) is 43.6.